The van der Waals surface area contributed by atoms with E-state index in [1.54, 1.807) is 13.0 Å². The molecule has 0 aliphatic rings. The molecule has 0 aliphatic heterocycles. The predicted octanol–water partition coefficient (Wildman–Crippen LogP) is 2.95. The van der Waals surface area contributed by atoms with Crippen LogP contribution in [-0.4, -0.2) is 12.5 Å². The number of furan rings is 1. The second kappa shape index (κ2) is 6.20. The molecule has 0 saturated heterocycles. The Kier molecular flexibility index (Phi) is 4.36. The molecular formula is C15H18N2O2. The predicted molar refractivity (Wildman–Crippen MR) is 75.2 cm³/mol. The Morgan fingerprint density at radius 3 is 2.84 bits per heavy atom. The van der Waals surface area contributed by atoms with E-state index in [-0.39, 0.29) is 5.91 Å². The Morgan fingerprint density at radius 1 is 1.32 bits per heavy atom. The average Bonchev–Trinajstić information content (AvgIpc) is 2.83. The third kappa shape index (κ3) is 3.45. The summed E-state index contributed by atoms with van der Waals surface area (Å²) in [4.78, 5) is 12.0. The first kappa shape index (κ1) is 13.4. The van der Waals surface area contributed by atoms with Gasteiger partial charge in [-0.25, -0.2) is 0 Å². The van der Waals surface area contributed by atoms with Crippen molar-refractivity contribution >= 4 is 11.6 Å². The summed E-state index contributed by atoms with van der Waals surface area (Å²) in [6.07, 6.45) is 1.52. The van der Waals surface area contributed by atoms with E-state index < -0.39 is 0 Å². The minimum Gasteiger partial charge on any atom is -0.469 e. The van der Waals surface area contributed by atoms with Crippen molar-refractivity contribution in [3.8, 4) is 0 Å². The van der Waals surface area contributed by atoms with Crippen molar-refractivity contribution in [2.24, 2.45) is 0 Å². The number of carbonyl (C=O) groups excluding carboxylic acids is 1. The molecule has 2 rings (SSSR count). The van der Waals surface area contributed by atoms with E-state index in [9.17, 15) is 4.79 Å². The third-order valence-electron chi connectivity index (χ3n) is 2.87. The van der Waals surface area contributed by atoms with Gasteiger partial charge in [0.25, 0.3) is 5.91 Å². The maximum atomic E-state index is 12.0. The van der Waals surface area contributed by atoms with Gasteiger partial charge in [-0.1, -0.05) is 19.1 Å². The van der Waals surface area contributed by atoms with E-state index in [2.05, 4.69) is 17.6 Å². The Labute approximate surface area is 112 Å². The van der Waals surface area contributed by atoms with E-state index in [0.717, 1.165) is 24.3 Å². The van der Waals surface area contributed by atoms with Crippen LogP contribution in [0.2, 0.25) is 0 Å². The van der Waals surface area contributed by atoms with Crippen LogP contribution in [-0.2, 0) is 6.54 Å². The van der Waals surface area contributed by atoms with Crippen LogP contribution in [0.15, 0.2) is 41.0 Å². The van der Waals surface area contributed by atoms with Gasteiger partial charge in [0.05, 0.1) is 11.8 Å². The summed E-state index contributed by atoms with van der Waals surface area (Å²) < 4.78 is 5.13. The fourth-order valence-electron chi connectivity index (χ4n) is 1.85. The molecule has 0 fully saturated rings. The fraction of sp³-hybridized carbons (Fsp3) is 0.267. The summed E-state index contributed by atoms with van der Waals surface area (Å²) in [5, 5.41) is 6.13. The first-order chi connectivity index (χ1) is 9.20. The number of amides is 1. The maximum Gasteiger partial charge on any atom is 0.259 e. The number of hydrogen-bond donors (Lipinski definition) is 2. The van der Waals surface area contributed by atoms with Gasteiger partial charge in [0.1, 0.15) is 5.76 Å². The number of rotatable bonds is 5. The molecule has 1 amide bonds. The van der Waals surface area contributed by atoms with E-state index in [1.165, 1.54) is 6.26 Å². The van der Waals surface area contributed by atoms with Crippen molar-refractivity contribution in [3.63, 3.8) is 0 Å². The Hall–Kier alpha value is -2.07. The molecule has 0 spiro atoms. The van der Waals surface area contributed by atoms with Crippen LogP contribution >= 0.6 is 0 Å². The lowest BCUT2D eigenvalue weighted by atomic mass is 10.2. The Balaban J connectivity index is 2.07. The van der Waals surface area contributed by atoms with Crippen LogP contribution < -0.4 is 10.6 Å². The molecule has 1 aromatic heterocycles. The lowest BCUT2D eigenvalue weighted by Crippen LogP contribution is -2.14. The molecule has 0 atom stereocenters. The zero-order valence-corrected chi connectivity index (χ0v) is 11.2. The molecule has 2 aromatic rings. The van der Waals surface area contributed by atoms with Gasteiger partial charge in [0, 0.05) is 12.2 Å². The van der Waals surface area contributed by atoms with Crippen molar-refractivity contribution in [1.29, 1.82) is 0 Å². The molecule has 2 N–H and O–H groups in total. The highest BCUT2D eigenvalue weighted by molar-refractivity contribution is 6.04. The minimum absolute atomic E-state index is 0.146. The number of aryl methyl sites for hydroxylation is 1. The van der Waals surface area contributed by atoms with Gasteiger partial charge in [0.2, 0.25) is 0 Å². The number of anilines is 1. The number of hydrogen-bond acceptors (Lipinski definition) is 3. The van der Waals surface area contributed by atoms with Gasteiger partial charge < -0.3 is 15.1 Å². The second-order valence-electron chi connectivity index (χ2n) is 4.33. The summed E-state index contributed by atoms with van der Waals surface area (Å²) in [6, 6.07) is 9.48. The summed E-state index contributed by atoms with van der Waals surface area (Å²) >= 11 is 0. The van der Waals surface area contributed by atoms with E-state index in [4.69, 9.17) is 4.42 Å². The molecule has 1 heterocycles. The Bertz CT molecular complexity index is 561. The van der Waals surface area contributed by atoms with Gasteiger partial charge >= 0.3 is 0 Å². The van der Waals surface area contributed by atoms with Crippen molar-refractivity contribution in [3.05, 3.63) is 53.5 Å². The van der Waals surface area contributed by atoms with Gasteiger partial charge in [-0.05, 0) is 37.2 Å². The highest BCUT2D eigenvalue weighted by Gasteiger charge is 2.11. The zero-order chi connectivity index (χ0) is 13.7. The summed E-state index contributed by atoms with van der Waals surface area (Å²) in [5.41, 5.74) is 2.50. The monoisotopic (exact) mass is 258 g/mol. The van der Waals surface area contributed by atoms with E-state index in [0.29, 0.717) is 11.3 Å². The van der Waals surface area contributed by atoms with Gasteiger partial charge in [0.15, 0.2) is 0 Å². The minimum atomic E-state index is -0.146. The standard InChI is InChI=1S/C15H18N2O2/c1-3-16-10-12-5-4-6-13(9-12)17-15(18)14-7-8-19-11(14)2/h4-9,16H,3,10H2,1-2H3,(H,17,18). The van der Waals surface area contributed by atoms with Gasteiger partial charge in [-0.3, -0.25) is 4.79 Å². The van der Waals surface area contributed by atoms with Crippen LogP contribution in [0, 0.1) is 6.92 Å². The van der Waals surface area contributed by atoms with Crippen molar-refractivity contribution in [1.82, 2.24) is 5.32 Å². The zero-order valence-electron chi connectivity index (χ0n) is 11.2. The van der Waals surface area contributed by atoms with Crippen molar-refractivity contribution < 1.29 is 9.21 Å². The van der Waals surface area contributed by atoms with Crippen molar-refractivity contribution in [2.75, 3.05) is 11.9 Å². The summed E-state index contributed by atoms with van der Waals surface area (Å²) in [6.45, 7) is 5.56. The molecule has 0 bridgehead atoms. The topological polar surface area (TPSA) is 54.3 Å². The summed E-state index contributed by atoms with van der Waals surface area (Å²) in [5.74, 6) is 0.480. The van der Waals surface area contributed by atoms with Gasteiger partial charge in [-0.2, -0.15) is 0 Å². The third-order valence-corrected chi connectivity index (χ3v) is 2.87. The van der Waals surface area contributed by atoms with Crippen LogP contribution in [0.5, 0.6) is 0 Å². The van der Waals surface area contributed by atoms with Crippen LogP contribution in [0.25, 0.3) is 0 Å². The lowest BCUT2D eigenvalue weighted by Gasteiger charge is -2.07. The number of carbonyl (C=O) groups is 1. The Morgan fingerprint density at radius 2 is 2.16 bits per heavy atom. The first-order valence-electron chi connectivity index (χ1n) is 6.36. The molecule has 1 aromatic carbocycles. The SMILES string of the molecule is CCNCc1cccc(NC(=O)c2ccoc2C)c1. The maximum absolute atomic E-state index is 12.0. The molecule has 4 heteroatoms. The highest BCUT2D eigenvalue weighted by atomic mass is 16.3. The van der Waals surface area contributed by atoms with Crippen LogP contribution in [0.4, 0.5) is 5.69 Å². The summed E-state index contributed by atoms with van der Waals surface area (Å²) in [7, 11) is 0. The van der Waals surface area contributed by atoms with Crippen molar-refractivity contribution in [2.45, 2.75) is 20.4 Å². The fourth-order valence-corrected chi connectivity index (χ4v) is 1.85. The molecule has 4 nitrogen and oxygen atoms in total. The van der Waals surface area contributed by atoms with E-state index in [1.807, 2.05) is 24.3 Å². The molecule has 0 unspecified atom stereocenters. The van der Waals surface area contributed by atoms with E-state index >= 15 is 0 Å². The average molecular weight is 258 g/mol. The second-order valence-corrected chi connectivity index (χ2v) is 4.33. The highest BCUT2D eigenvalue weighted by Crippen LogP contribution is 2.14. The normalized spacial score (nSPS) is 10.4. The first-order valence-corrected chi connectivity index (χ1v) is 6.36. The van der Waals surface area contributed by atoms with Crippen LogP contribution in [0.1, 0.15) is 28.6 Å². The molecule has 19 heavy (non-hydrogen) atoms. The van der Waals surface area contributed by atoms with Gasteiger partial charge in [-0.15, -0.1) is 0 Å². The lowest BCUT2D eigenvalue weighted by molar-refractivity contribution is 0.102. The number of benzene rings is 1. The molecule has 0 saturated carbocycles. The quantitative estimate of drug-likeness (QED) is 0.867. The molecule has 0 aliphatic carbocycles. The molecule has 100 valence electrons. The molecule has 0 radical (unpaired) electrons. The number of nitrogens with one attached hydrogen (secondary N) is 2. The molecular weight excluding hydrogens is 240 g/mol. The largest absolute Gasteiger partial charge is 0.469 e. The van der Waals surface area contributed by atoms with Crippen LogP contribution in [0.3, 0.4) is 0 Å². The smallest absolute Gasteiger partial charge is 0.259 e.